The number of carboxylic acid groups (broad SMARTS) is 1. The second-order valence-corrected chi connectivity index (χ2v) is 5.11. The number of nitrogens with two attached hydrogens (primary N) is 1. The summed E-state index contributed by atoms with van der Waals surface area (Å²) >= 11 is 0. The van der Waals surface area contributed by atoms with E-state index in [2.05, 4.69) is 0 Å². The third-order valence-electron chi connectivity index (χ3n) is 1.98. The van der Waals surface area contributed by atoms with Crippen molar-refractivity contribution in [1.82, 2.24) is 0 Å². The normalized spacial score (nSPS) is 13.5. The van der Waals surface area contributed by atoms with Crippen LogP contribution >= 0.6 is 0 Å². The number of hydrogen-bond acceptors (Lipinski definition) is 4. The number of aryl methyl sites for hydroxylation is 1. The lowest BCUT2D eigenvalue weighted by atomic mass is 10.2. The second-order valence-electron chi connectivity index (χ2n) is 3.07. The number of sulfone groups is 1. The first-order valence-electron chi connectivity index (χ1n) is 4.15. The molecule has 1 aromatic carbocycles. The standard InChI is InChI=1S/C9H11NO4S/c1-6-4-2-3-5-7(6)15(13,14)8(10)9(11)12/h2-5,8H,10H2,1H3,(H,11,12). The maximum Gasteiger partial charge on any atom is 0.336 e. The van der Waals surface area contributed by atoms with E-state index in [-0.39, 0.29) is 4.90 Å². The summed E-state index contributed by atoms with van der Waals surface area (Å²) in [6, 6.07) is 6.12. The van der Waals surface area contributed by atoms with Crippen molar-refractivity contribution in [3.8, 4) is 0 Å². The van der Waals surface area contributed by atoms with Gasteiger partial charge >= 0.3 is 5.97 Å². The molecule has 0 amide bonds. The molecule has 0 aliphatic carbocycles. The number of carboxylic acids is 1. The molecule has 82 valence electrons. The predicted octanol–water partition coefficient (Wildman–Crippen LogP) is 0.138. The Hall–Kier alpha value is -1.40. The highest BCUT2D eigenvalue weighted by molar-refractivity contribution is 7.92. The van der Waals surface area contributed by atoms with E-state index >= 15 is 0 Å². The van der Waals surface area contributed by atoms with Crippen molar-refractivity contribution in [2.75, 3.05) is 0 Å². The fraction of sp³-hybridized carbons (Fsp3) is 0.222. The average molecular weight is 229 g/mol. The first kappa shape index (κ1) is 11.7. The van der Waals surface area contributed by atoms with E-state index in [1.807, 2.05) is 0 Å². The summed E-state index contributed by atoms with van der Waals surface area (Å²) in [5.74, 6) is -1.56. The number of hydrogen-bond donors (Lipinski definition) is 2. The van der Waals surface area contributed by atoms with Gasteiger partial charge in [0.25, 0.3) is 0 Å². The Kier molecular flexibility index (Phi) is 3.11. The largest absolute Gasteiger partial charge is 0.479 e. The van der Waals surface area contributed by atoms with Crippen molar-refractivity contribution in [3.63, 3.8) is 0 Å². The number of aliphatic carboxylic acids is 1. The van der Waals surface area contributed by atoms with E-state index in [1.165, 1.54) is 12.1 Å². The highest BCUT2D eigenvalue weighted by atomic mass is 32.2. The molecule has 3 N–H and O–H groups in total. The van der Waals surface area contributed by atoms with Crippen LogP contribution in [-0.4, -0.2) is 24.9 Å². The molecular weight excluding hydrogens is 218 g/mol. The van der Waals surface area contributed by atoms with Gasteiger partial charge in [-0.2, -0.15) is 0 Å². The van der Waals surface area contributed by atoms with Crippen molar-refractivity contribution in [1.29, 1.82) is 0 Å². The number of rotatable bonds is 3. The number of carbonyl (C=O) groups is 1. The number of benzene rings is 1. The third-order valence-corrected chi connectivity index (χ3v) is 3.92. The van der Waals surface area contributed by atoms with Gasteiger partial charge in [-0.15, -0.1) is 0 Å². The van der Waals surface area contributed by atoms with Crippen molar-refractivity contribution in [2.24, 2.45) is 5.73 Å². The van der Waals surface area contributed by atoms with Gasteiger partial charge in [0.15, 0.2) is 0 Å². The Morgan fingerprint density at radius 2 is 1.93 bits per heavy atom. The van der Waals surface area contributed by atoms with Crippen molar-refractivity contribution in [3.05, 3.63) is 29.8 Å². The van der Waals surface area contributed by atoms with Gasteiger partial charge in [0.05, 0.1) is 4.90 Å². The fourth-order valence-corrected chi connectivity index (χ4v) is 2.47. The molecule has 5 nitrogen and oxygen atoms in total. The quantitative estimate of drug-likeness (QED) is 0.768. The maximum atomic E-state index is 11.7. The Balaban J connectivity index is 3.30. The van der Waals surface area contributed by atoms with Crippen LogP contribution in [0, 0.1) is 6.92 Å². The zero-order chi connectivity index (χ0) is 11.6. The Labute approximate surface area is 87.4 Å². The van der Waals surface area contributed by atoms with E-state index in [1.54, 1.807) is 19.1 Å². The lowest BCUT2D eigenvalue weighted by molar-refractivity contribution is -0.136. The van der Waals surface area contributed by atoms with Gasteiger partial charge in [-0.25, -0.2) is 13.2 Å². The van der Waals surface area contributed by atoms with E-state index in [9.17, 15) is 13.2 Å². The zero-order valence-corrected chi connectivity index (χ0v) is 8.86. The predicted molar refractivity (Wildman–Crippen MR) is 54.0 cm³/mol. The summed E-state index contributed by atoms with van der Waals surface area (Å²) in [4.78, 5) is 10.5. The molecule has 1 atom stereocenters. The minimum absolute atomic E-state index is 0.0418. The molecule has 0 heterocycles. The van der Waals surface area contributed by atoms with Gasteiger partial charge < -0.3 is 10.8 Å². The highest BCUT2D eigenvalue weighted by Crippen LogP contribution is 2.17. The second kappa shape index (κ2) is 4.00. The Morgan fingerprint density at radius 3 is 2.40 bits per heavy atom. The van der Waals surface area contributed by atoms with Gasteiger partial charge in [-0.1, -0.05) is 18.2 Å². The molecule has 0 fully saturated rings. The molecule has 0 saturated heterocycles. The smallest absolute Gasteiger partial charge is 0.336 e. The van der Waals surface area contributed by atoms with Crippen molar-refractivity contribution in [2.45, 2.75) is 17.2 Å². The average Bonchev–Trinajstić information content (AvgIpc) is 2.16. The molecule has 0 bridgehead atoms. The van der Waals surface area contributed by atoms with Gasteiger partial charge in [0, 0.05) is 0 Å². The van der Waals surface area contributed by atoms with Crippen LogP contribution in [0.25, 0.3) is 0 Å². The maximum absolute atomic E-state index is 11.7. The van der Waals surface area contributed by atoms with Gasteiger partial charge in [0.1, 0.15) is 0 Å². The molecule has 15 heavy (non-hydrogen) atoms. The molecule has 6 heteroatoms. The van der Waals surface area contributed by atoms with Gasteiger partial charge in [-0.3, -0.25) is 0 Å². The van der Waals surface area contributed by atoms with Gasteiger partial charge in [0.2, 0.25) is 15.2 Å². The van der Waals surface area contributed by atoms with E-state index < -0.39 is 21.2 Å². The monoisotopic (exact) mass is 229 g/mol. The first-order chi connectivity index (χ1) is 6.87. The molecule has 1 unspecified atom stereocenters. The third kappa shape index (κ3) is 2.16. The van der Waals surface area contributed by atoms with Gasteiger partial charge in [-0.05, 0) is 18.6 Å². The van der Waals surface area contributed by atoms with Crippen LogP contribution in [0.2, 0.25) is 0 Å². The molecule has 0 spiro atoms. The summed E-state index contributed by atoms with van der Waals surface area (Å²) in [7, 11) is -3.99. The van der Waals surface area contributed by atoms with Crippen molar-refractivity contribution >= 4 is 15.8 Å². The topological polar surface area (TPSA) is 97.5 Å². The molecule has 0 aliphatic rings. The molecular formula is C9H11NO4S. The van der Waals surface area contributed by atoms with E-state index in [0.717, 1.165) is 0 Å². The lowest BCUT2D eigenvalue weighted by Crippen LogP contribution is -2.38. The molecule has 0 aromatic heterocycles. The molecule has 0 aliphatic heterocycles. The summed E-state index contributed by atoms with van der Waals surface area (Å²) in [5.41, 5.74) is 5.59. The summed E-state index contributed by atoms with van der Waals surface area (Å²) in [5, 5.41) is 6.65. The summed E-state index contributed by atoms with van der Waals surface area (Å²) < 4.78 is 23.4. The fourth-order valence-electron chi connectivity index (χ4n) is 1.15. The summed E-state index contributed by atoms with van der Waals surface area (Å²) in [6.07, 6.45) is 0. The van der Waals surface area contributed by atoms with Crippen molar-refractivity contribution < 1.29 is 18.3 Å². The van der Waals surface area contributed by atoms with Crippen LogP contribution in [0.3, 0.4) is 0 Å². The molecule has 1 rings (SSSR count). The molecule has 1 aromatic rings. The SMILES string of the molecule is Cc1ccccc1S(=O)(=O)C(N)C(=O)O. The minimum atomic E-state index is -3.99. The molecule has 0 radical (unpaired) electrons. The Morgan fingerprint density at radius 1 is 1.40 bits per heavy atom. The van der Waals surface area contributed by atoms with Crippen LogP contribution in [0.4, 0.5) is 0 Å². The van der Waals surface area contributed by atoms with Crippen LogP contribution in [0.15, 0.2) is 29.2 Å². The van der Waals surface area contributed by atoms with Crippen LogP contribution < -0.4 is 5.73 Å². The minimum Gasteiger partial charge on any atom is -0.479 e. The lowest BCUT2D eigenvalue weighted by Gasteiger charge is -2.10. The van der Waals surface area contributed by atoms with Crippen LogP contribution in [0.5, 0.6) is 0 Å². The van der Waals surface area contributed by atoms with E-state index in [4.69, 9.17) is 10.8 Å². The van der Waals surface area contributed by atoms with E-state index in [0.29, 0.717) is 5.56 Å². The van der Waals surface area contributed by atoms with Crippen LogP contribution in [0.1, 0.15) is 5.56 Å². The summed E-state index contributed by atoms with van der Waals surface area (Å²) in [6.45, 7) is 1.58. The Bertz CT molecular complexity index is 481. The zero-order valence-electron chi connectivity index (χ0n) is 8.04. The highest BCUT2D eigenvalue weighted by Gasteiger charge is 2.30. The first-order valence-corrected chi connectivity index (χ1v) is 5.70. The van der Waals surface area contributed by atoms with Crippen LogP contribution in [-0.2, 0) is 14.6 Å². The molecule has 0 saturated carbocycles.